The standard InChI is InChI=1S/C15H24O/c1-5-6-7-8-9-14-12(2)10-13(16)11-15(14,3)4/h9-10H,5-8,11H2,1-4H3. The van der Waals surface area contributed by atoms with Gasteiger partial charge in [0.25, 0.3) is 0 Å². The van der Waals surface area contributed by atoms with Crippen LogP contribution in [-0.2, 0) is 4.79 Å². The van der Waals surface area contributed by atoms with E-state index in [0.29, 0.717) is 6.42 Å². The highest BCUT2D eigenvalue weighted by molar-refractivity contribution is 5.93. The molecule has 0 saturated heterocycles. The van der Waals surface area contributed by atoms with E-state index in [0.717, 1.165) is 12.0 Å². The first-order valence-corrected chi connectivity index (χ1v) is 6.39. The number of carbonyl (C=O) groups excluding carboxylic acids is 1. The van der Waals surface area contributed by atoms with Gasteiger partial charge in [-0.1, -0.05) is 39.7 Å². The van der Waals surface area contributed by atoms with Crippen LogP contribution in [0.5, 0.6) is 0 Å². The third-order valence-corrected chi connectivity index (χ3v) is 3.30. The minimum atomic E-state index is 0.0299. The van der Waals surface area contributed by atoms with E-state index in [1.165, 1.54) is 24.8 Å². The monoisotopic (exact) mass is 220 g/mol. The second kappa shape index (κ2) is 5.47. The molecule has 0 aromatic carbocycles. The van der Waals surface area contributed by atoms with Crippen molar-refractivity contribution in [3.05, 3.63) is 23.3 Å². The lowest BCUT2D eigenvalue weighted by molar-refractivity contribution is -0.116. The first-order chi connectivity index (χ1) is 7.47. The SMILES string of the molecule is CCCCCC=C1C(C)=CC(=O)CC1(C)C. The summed E-state index contributed by atoms with van der Waals surface area (Å²) in [5.74, 6) is 0.271. The van der Waals surface area contributed by atoms with Gasteiger partial charge in [-0.05, 0) is 42.4 Å². The zero-order valence-corrected chi connectivity index (χ0v) is 11.1. The van der Waals surface area contributed by atoms with Crippen molar-refractivity contribution < 1.29 is 4.79 Å². The van der Waals surface area contributed by atoms with Crippen LogP contribution in [0, 0.1) is 5.41 Å². The Hall–Kier alpha value is -0.850. The van der Waals surface area contributed by atoms with Crippen molar-refractivity contribution in [1.82, 2.24) is 0 Å². The minimum absolute atomic E-state index is 0.0299. The van der Waals surface area contributed by atoms with Gasteiger partial charge in [0.1, 0.15) is 0 Å². The second-order valence-electron chi connectivity index (χ2n) is 5.47. The van der Waals surface area contributed by atoms with Gasteiger partial charge in [0.05, 0.1) is 0 Å². The first kappa shape index (κ1) is 13.2. The molecule has 0 unspecified atom stereocenters. The zero-order chi connectivity index (χ0) is 12.2. The molecule has 0 amide bonds. The Balaban J connectivity index is 2.75. The molecule has 0 aromatic rings. The second-order valence-corrected chi connectivity index (χ2v) is 5.47. The van der Waals surface area contributed by atoms with Crippen molar-refractivity contribution in [2.24, 2.45) is 5.41 Å². The van der Waals surface area contributed by atoms with E-state index in [1.54, 1.807) is 6.08 Å². The van der Waals surface area contributed by atoms with E-state index in [4.69, 9.17) is 0 Å². The highest BCUT2D eigenvalue weighted by Crippen LogP contribution is 2.39. The molecule has 0 aromatic heterocycles. The number of allylic oxidation sites excluding steroid dienone is 4. The summed E-state index contributed by atoms with van der Waals surface area (Å²) in [7, 11) is 0. The lowest BCUT2D eigenvalue weighted by Crippen LogP contribution is -2.24. The highest BCUT2D eigenvalue weighted by atomic mass is 16.1. The van der Waals surface area contributed by atoms with E-state index in [2.05, 4.69) is 33.8 Å². The third-order valence-electron chi connectivity index (χ3n) is 3.30. The van der Waals surface area contributed by atoms with Crippen LogP contribution in [0.15, 0.2) is 23.3 Å². The largest absolute Gasteiger partial charge is 0.295 e. The van der Waals surface area contributed by atoms with Crippen molar-refractivity contribution >= 4 is 5.78 Å². The number of ketones is 1. The smallest absolute Gasteiger partial charge is 0.156 e. The topological polar surface area (TPSA) is 17.1 Å². The Morgan fingerprint density at radius 1 is 1.38 bits per heavy atom. The van der Waals surface area contributed by atoms with Crippen molar-refractivity contribution in [3.63, 3.8) is 0 Å². The third kappa shape index (κ3) is 3.33. The van der Waals surface area contributed by atoms with E-state index < -0.39 is 0 Å². The van der Waals surface area contributed by atoms with Crippen LogP contribution in [0.2, 0.25) is 0 Å². The molecule has 0 radical (unpaired) electrons. The van der Waals surface area contributed by atoms with Gasteiger partial charge in [-0.25, -0.2) is 0 Å². The van der Waals surface area contributed by atoms with Crippen LogP contribution in [0.3, 0.4) is 0 Å². The Bertz CT molecular complexity index is 318. The van der Waals surface area contributed by atoms with Gasteiger partial charge in [0.2, 0.25) is 0 Å². The van der Waals surface area contributed by atoms with Crippen molar-refractivity contribution in [2.45, 2.75) is 59.8 Å². The Labute approximate surface area is 99.6 Å². The highest BCUT2D eigenvalue weighted by Gasteiger charge is 2.30. The molecule has 0 heterocycles. The van der Waals surface area contributed by atoms with Gasteiger partial charge in [-0.15, -0.1) is 0 Å². The molecule has 1 aliphatic carbocycles. The molecular formula is C15H24O. The summed E-state index contributed by atoms with van der Waals surface area (Å²) in [6, 6.07) is 0. The molecule has 0 spiro atoms. The number of rotatable bonds is 4. The Morgan fingerprint density at radius 2 is 2.06 bits per heavy atom. The molecular weight excluding hydrogens is 196 g/mol. The van der Waals surface area contributed by atoms with Crippen LogP contribution in [0.4, 0.5) is 0 Å². The van der Waals surface area contributed by atoms with Gasteiger partial charge in [0.15, 0.2) is 5.78 Å². The maximum atomic E-state index is 11.5. The van der Waals surface area contributed by atoms with Gasteiger partial charge in [0, 0.05) is 6.42 Å². The van der Waals surface area contributed by atoms with E-state index in [9.17, 15) is 4.79 Å². The maximum Gasteiger partial charge on any atom is 0.156 e. The number of carbonyl (C=O) groups is 1. The zero-order valence-electron chi connectivity index (χ0n) is 11.1. The molecule has 1 rings (SSSR count). The van der Waals surface area contributed by atoms with Crippen LogP contribution < -0.4 is 0 Å². The summed E-state index contributed by atoms with van der Waals surface area (Å²) >= 11 is 0. The molecule has 0 fully saturated rings. The minimum Gasteiger partial charge on any atom is -0.295 e. The van der Waals surface area contributed by atoms with Gasteiger partial charge < -0.3 is 0 Å². The average Bonchev–Trinajstić information content (AvgIpc) is 2.14. The molecule has 0 bridgehead atoms. The fraction of sp³-hybridized carbons (Fsp3) is 0.667. The molecule has 0 N–H and O–H groups in total. The lowest BCUT2D eigenvalue weighted by Gasteiger charge is -2.31. The average molecular weight is 220 g/mol. The molecule has 1 aliphatic rings. The fourth-order valence-electron chi connectivity index (χ4n) is 2.51. The number of hydrogen-bond donors (Lipinski definition) is 0. The van der Waals surface area contributed by atoms with Crippen LogP contribution >= 0.6 is 0 Å². The predicted molar refractivity (Wildman–Crippen MR) is 69.4 cm³/mol. The molecule has 1 nitrogen and oxygen atoms in total. The molecule has 1 heteroatoms. The Morgan fingerprint density at radius 3 is 2.62 bits per heavy atom. The summed E-state index contributed by atoms with van der Waals surface area (Å²) in [6.45, 7) is 8.63. The summed E-state index contributed by atoms with van der Waals surface area (Å²) in [6.07, 6.45) is 9.77. The summed E-state index contributed by atoms with van der Waals surface area (Å²) in [5, 5.41) is 0. The molecule has 0 atom stereocenters. The van der Waals surface area contributed by atoms with E-state index >= 15 is 0 Å². The predicted octanol–water partition coefficient (Wildman–Crippen LogP) is 4.44. The van der Waals surface area contributed by atoms with Crippen LogP contribution in [-0.4, -0.2) is 5.78 Å². The maximum absolute atomic E-state index is 11.5. The van der Waals surface area contributed by atoms with Gasteiger partial charge in [-0.2, -0.15) is 0 Å². The molecule has 0 saturated carbocycles. The fourth-order valence-corrected chi connectivity index (χ4v) is 2.51. The van der Waals surface area contributed by atoms with E-state index in [-0.39, 0.29) is 11.2 Å². The van der Waals surface area contributed by atoms with Gasteiger partial charge >= 0.3 is 0 Å². The van der Waals surface area contributed by atoms with Crippen molar-refractivity contribution in [1.29, 1.82) is 0 Å². The molecule has 0 aliphatic heterocycles. The molecule has 90 valence electrons. The van der Waals surface area contributed by atoms with Crippen molar-refractivity contribution in [2.75, 3.05) is 0 Å². The van der Waals surface area contributed by atoms with Crippen LogP contribution in [0.1, 0.15) is 59.8 Å². The van der Waals surface area contributed by atoms with Crippen LogP contribution in [0.25, 0.3) is 0 Å². The summed E-state index contributed by atoms with van der Waals surface area (Å²) < 4.78 is 0. The number of unbranched alkanes of at least 4 members (excludes halogenated alkanes) is 3. The van der Waals surface area contributed by atoms with Crippen molar-refractivity contribution in [3.8, 4) is 0 Å². The lowest BCUT2D eigenvalue weighted by atomic mass is 9.72. The first-order valence-electron chi connectivity index (χ1n) is 6.39. The quantitative estimate of drug-likeness (QED) is 0.640. The summed E-state index contributed by atoms with van der Waals surface area (Å²) in [4.78, 5) is 11.5. The Kier molecular flexibility index (Phi) is 4.52. The number of hydrogen-bond acceptors (Lipinski definition) is 1. The summed E-state index contributed by atoms with van der Waals surface area (Å²) in [5.41, 5.74) is 2.57. The van der Waals surface area contributed by atoms with Gasteiger partial charge in [-0.3, -0.25) is 4.79 Å². The normalized spacial score (nSPS) is 22.4. The molecule has 16 heavy (non-hydrogen) atoms. The van der Waals surface area contributed by atoms with E-state index in [1.807, 2.05) is 0 Å².